The molecule has 0 saturated carbocycles. The number of rotatable bonds is 4. The average Bonchev–Trinajstić information content (AvgIpc) is 2.14. The molecule has 0 aliphatic heterocycles. The summed E-state index contributed by atoms with van der Waals surface area (Å²) >= 11 is 6.01. The molecule has 7 heteroatoms. The molecule has 0 aliphatic carbocycles. The maximum Gasteiger partial charge on any atom is 1.00 e. The molecule has 1 aromatic carbocycles. The molecule has 0 heterocycles. The molecule has 1 aromatic rings. The summed E-state index contributed by atoms with van der Waals surface area (Å²) in [6.45, 7) is -0.633. The van der Waals surface area contributed by atoms with Crippen molar-refractivity contribution in [3.8, 4) is 5.75 Å². The van der Waals surface area contributed by atoms with Gasteiger partial charge in [0.2, 0.25) is 0 Å². The molecule has 0 aromatic heterocycles. The van der Waals surface area contributed by atoms with Crippen LogP contribution in [0.5, 0.6) is 5.75 Å². The van der Waals surface area contributed by atoms with E-state index in [2.05, 4.69) is 0 Å². The summed E-state index contributed by atoms with van der Waals surface area (Å²) in [6, 6.07) is 3.22. The minimum absolute atomic E-state index is 0. The first-order valence-corrected chi connectivity index (χ1v) is 5.72. The summed E-state index contributed by atoms with van der Waals surface area (Å²) in [4.78, 5) is 0. The first-order valence-electron chi connectivity index (χ1n) is 5.34. The Morgan fingerprint density at radius 1 is 1.28 bits per heavy atom. The van der Waals surface area contributed by atoms with E-state index in [1.165, 1.54) is 0 Å². The molecule has 96 valence electrons. The maximum atomic E-state index is 12.1. The monoisotopic (exact) mass is 304 g/mol. The molecule has 0 N–H and O–H groups in total. The van der Waals surface area contributed by atoms with E-state index in [1.54, 1.807) is 19.1 Å². The van der Waals surface area contributed by atoms with Gasteiger partial charge in [0.1, 0.15) is 5.75 Å². The van der Waals surface area contributed by atoms with Gasteiger partial charge in [-0.2, -0.15) is 0 Å². The van der Waals surface area contributed by atoms with Gasteiger partial charge in [0, 0.05) is 5.02 Å². The van der Waals surface area contributed by atoms with Crippen molar-refractivity contribution >= 4 is 18.6 Å². The number of aryl methyl sites for hydroxylation is 1. The van der Waals surface area contributed by atoms with Gasteiger partial charge in [-0.1, -0.05) is 25.4 Å². The van der Waals surface area contributed by atoms with Gasteiger partial charge in [0.25, 0.3) is 0 Å². The van der Waals surface area contributed by atoms with Crippen LogP contribution in [0.3, 0.4) is 0 Å². The van der Waals surface area contributed by atoms with E-state index in [9.17, 15) is 12.9 Å². The average molecular weight is 305 g/mol. The van der Waals surface area contributed by atoms with Crippen LogP contribution in [-0.2, 0) is 0 Å². The predicted octanol–water partition coefficient (Wildman–Crippen LogP) is 1.54. The zero-order valence-corrected chi connectivity index (χ0v) is 14.8. The Labute approximate surface area is 153 Å². The van der Waals surface area contributed by atoms with Gasteiger partial charge in [-0.3, -0.25) is 0 Å². The molecule has 0 saturated heterocycles. The zero-order chi connectivity index (χ0) is 13.2. The van der Waals surface area contributed by atoms with Crippen LogP contribution >= 0.6 is 11.6 Å². The van der Waals surface area contributed by atoms with Crippen LogP contribution < -0.4 is 56.1 Å². The second-order valence-corrected chi connectivity index (χ2v) is 4.72. The minimum atomic E-state index is -4.94. The van der Waals surface area contributed by atoms with Crippen LogP contribution in [0.15, 0.2) is 12.1 Å². The molecule has 1 rings (SSSR count). The second kappa shape index (κ2) is 7.55. The van der Waals surface area contributed by atoms with Crippen LogP contribution in [-0.4, -0.2) is 13.5 Å². The van der Waals surface area contributed by atoms with Crippen molar-refractivity contribution in [2.45, 2.75) is 26.7 Å². The van der Waals surface area contributed by atoms with Gasteiger partial charge in [-0.15, -0.1) is 0 Å². The summed E-state index contributed by atoms with van der Waals surface area (Å²) in [7, 11) is 0. The molecule has 0 bridgehead atoms. The molecule has 0 aliphatic rings. The largest absolute Gasteiger partial charge is 1.00 e. The summed E-state index contributed by atoms with van der Waals surface area (Å²) in [5, 5.41) is 0.558. The van der Waals surface area contributed by atoms with Gasteiger partial charge >= 0.3 is 58.4 Å². The van der Waals surface area contributed by atoms with Crippen LogP contribution in [0, 0.1) is 6.92 Å². The fourth-order valence-corrected chi connectivity index (χ4v) is 1.89. The van der Waals surface area contributed by atoms with E-state index in [0.717, 1.165) is 5.56 Å². The van der Waals surface area contributed by atoms with Crippen molar-refractivity contribution in [1.82, 2.24) is 0 Å². The van der Waals surface area contributed by atoms with Gasteiger partial charge in [-0.25, -0.2) is 0 Å². The molecule has 18 heavy (non-hydrogen) atoms. The first-order chi connectivity index (χ1) is 7.70. The Morgan fingerprint density at radius 2 is 1.83 bits per heavy atom. The van der Waals surface area contributed by atoms with Crippen LogP contribution in [0.2, 0.25) is 5.02 Å². The number of hydrogen-bond acceptors (Lipinski definition) is 1. The molecule has 0 atom stereocenters. The number of ether oxygens (including phenoxy) is 1. The van der Waals surface area contributed by atoms with Gasteiger partial charge in [-0.05, 0) is 36.1 Å². The van der Waals surface area contributed by atoms with E-state index in [4.69, 9.17) is 16.3 Å². The van der Waals surface area contributed by atoms with E-state index in [0.29, 0.717) is 10.6 Å². The quantitative estimate of drug-likeness (QED) is 0.767. The molecule has 0 unspecified atom stereocenters. The Morgan fingerprint density at radius 3 is 2.28 bits per heavy atom. The van der Waals surface area contributed by atoms with Gasteiger partial charge < -0.3 is 17.7 Å². The van der Waals surface area contributed by atoms with Crippen molar-refractivity contribution < 1.29 is 69.1 Å². The number of benzene rings is 1. The standard InChI is InChI=1S/C11H14BClF3O.K/c1-7(2)9-5-11(8(3)4-10(9)13)17-6-12(14,15)16;/h4-5,7H,6H2,1-3H3;/q-1;+1. The Bertz CT molecular complexity index is 410. The minimum Gasteiger partial charge on any atom is -0.521 e. The van der Waals surface area contributed by atoms with Gasteiger partial charge in [0.05, 0.1) is 6.51 Å². The maximum absolute atomic E-state index is 12.1. The first kappa shape index (κ1) is 18.8. The Hall–Kier alpha value is 0.801. The number of hydrogen-bond donors (Lipinski definition) is 0. The smallest absolute Gasteiger partial charge is 0.521 e. The topological polar surface area (TPSA) is 9.23 Å². The van der Waals surface area contributed by atoms with E-state index in [1.807, 2.05) is 13.8 Å². The summed E-state index contributed by atoms with van der Waals surface area (Å²) < 4.78 is 41.2. The van der Waals surface area contributed by atoms with E-state index >= 15 is 0 Å². The van der Waals surface area contributed by atoms with Crippen molar-refractivity contribution in [3.05, 3.63) is 28.3 Å². The second-order valence-electron chi connectivity index (χ2n) is 4.32. The predicted molar refractivity (Wildman–Crippen MR) is 64.9 cm³/mol. The molecule has 0 fully saturated rings. The molecule has 0 amide bonds. The third kappa shape index (κ3) is 5.84. The SMILES string of the molecule is Cc1cc(Cl)c(C(C)C)cc1OC[B-](F)(F)F.[K+]. The summed E-state index contributed by atoms with van der Waals surface area (Å²) in [5.41, 5.74) is 1.40. The Balaban J connectivity index is 0.00000289. The summed E-state index contributed by atoms with van der Waals surface area (Å²) in [5.74, 6) is 0.388. The van der Waals surface area contributed by atoms with Crippen LogP contribution in [0.4, 0.5) is 12.9 Å². The number of halogens is 4. The molecule has 1 nitrogen and oxygen atoms in total. The summed E-state index contributed by atoms with van der Waals surface area (Å²) in [6.07, 6.45) is 0. The Kier molecular flexibility index (Phi) is 7.88. The van der Waals surface area contributed by atoms with Crippen molar-refractivity contribution in [2.24, 2.45) is 0 Å². The van der Waals surface area contributed by atoms with Crippen molar-refractivity contribution in [1.29, 1.82) is 0 Å². The van der Waals surface area contributed by atoms with E-state index < -0.39 is 13.5 Å². The van der Waals surface area contributed by atoms with Gasteiger partial charge in [0.15, 0.2) is 0 Å². The fraction of sp³-hybridized carbons (Fsp3) is 0.455. The third-order valence-corrected chi connectivity index (χ3v) is 2.67. The van der Waals surface area contributed by atoms with Crippen LogP contribution in [0.1, 0.15) is 30.9 Å². The molecule has 0 spiro atoms. The van der Waals surface area contributed by atoms with E-state index in [-0.39, 0.29) is 63.1 Å². The van der Waals surface area contributed by atoms with Crippen molar-refractivity contribution in [3.63, 3.8) is 0 Å². The zero-order valence-electron chi connectivity index (χ0n) is 10.9. The molecular formula is C11H14BClF3KO. The normalized spacial score (nSPS) is 11.3. The van der Waals surface area contributed by atoms with Crippen LogP contribution in [0.25, 0.3) is 0 Å². The third-order valence-electron chi connectivity index (χ3n) is 2.34. The molecule has 0 radical (unpaired) electrons. The van der Waals surface area contributed by atoms with Crippen molar-refractivity contribution in [2.75, 3.05) is 6.51 Å². The fourth-order valence-electron chi connectivity index (χ4n) is 1.45. The molecular weight excluding hydrogens is 290 g/mol.